The van der Waals surface area contributed by atoms with E-state index in [9.17, 15) is 4.79 Å². The van der Waals surface area contributed by atoms with Gasteiger partial charge < -0.3 is 19.5 Å². The van der Waals surface area contributed by atoms with E-state index < -0.39 is 0 Å². The third-order valence-electron chi connectivity index (χ3n) is 6.02. The van der Waals surface area contributed by atoms with Gasteiger partial charge in [-0.15, -0.1) is 0 Å². The van der Waals surface area contributed by atoms with Crippen LogP contribution in [0.1, 0.15) is 83.3 Å². The Morgan fingerprint density at radius 3 is 2.39 bits per heavy atom. The molecule has 0 radical (unpaired) electrons. The predicted molar refractivity (Wildman–Crippen MR) is 153 cm³/mol. The third kappa shape index (κ3) is 9.47. The SMILES string of the molecule is C=C(/C=C\C)/C(CN1CCC(OCC)CC1c1ccc(C(=O)OC)c(NC)c1)=C(\C)OC.CC.CC. The first kappa shape index (κ1) is 33.4. The summed E-state index contributed by atoms with van der Waals surface area (Å²) in [6, 6.07) is 6.04. The zero-order chi connectivity index (χ0) is 27.7. The van der Waals surface area contributed by atoms with Crippen molar-refractivity contribution in [1.29, 1.82) is 0 Å². The summed E-state index contributed by atoms with van der Waals surface area (Å²) >= 11 is 0. The van der Waals surface area contributed by atoms with Crippen LogP contribution in [0.4, 0.5) is 5.69 Å². The van der Waals surface area contributed by atoms with Crippen LogP contribution >= 0.6 is 0 Å². The van der Waals surface area contributed by atoms with Gasteiger partial charge in [0.05, 0.1) is 31.6 Å². The summed E-state index contributed by atoms with van der Waals surface area (Å²) in [4.78, 5) is 14.6. The van der Waals surface area contributed by atoms with E-state index in [1.807, 2.05) is 85.9 Å². The highest BCUT2D eigenvalue weighted by molar-refractivity contribution is 5.95. The minimum atomic E-state index is -0.350. The van der Waals surface area contributed by atoms with E-state index >= 15 is 0 Å². The molecule has 1 N–H and O–H groups in total. The molecule has 1 aliphatic rings. The molecule has 1 aromatic rings. The number of ether oxygens (including phenoxy) is 3. The molecule has 1 aromatic carbocycles. The van der Waals surface area contributed by atoms with E-state index in [-0.39, 0.29) is 18.1 Å². The molecule has 0 amide bonds. The molecule has 0 spiro atoms. The maximum absolute atomic E-state index is 12.1. The number of rotatable bonds is 10. The van der Waals surface area contributed by atoms with E-state index in [4.69, 9.17) is 14.2 Å². The topological polar surface area (TPSA) is 60.0 Å². The Hall–Kier alpha value is -2.57. The molecule has 0 aliphatic carbocycles. The van der Waals surface area contributed by atoms with Gasteiger partial charge in [0, 0.05) is 44.0 Å². The number of carbonyl (C=O) groups excluding carboxylic acids is 1. The number of anilines is 1. The summed E-state index contributed by atoms with van der Waals surface area (Å²) < 4.78 is 16.5. The molecule has 0 aromatic heterocycles. The van der Waals surface area contributed by atoms with E-state index in [0.29, 0.717) is 12.2 Å². The van der Waals surface area contributed by atoms with E-state index in [0.717, 1.165) is 54.1 Å². The normalized spacial score (nSPS) is 18.2. The molecule has 6 heteroatoms. The van der Waals surface area contributed by atoms with Gasteiger partial charge in [0.15, 0.2) is 0 Å². The molecule has 36 heavy (non-hydrogen) atoms. The van der Waals surface area contributed by atoms with Gasteiger partial charge in [-0.1, -0.05) is 52.5 Å². The van der Waals surface area contributed by atoms with Gasteiger partial charge in [0.1, 0.15) is 0 Å². The van der Waals surface area contributed by atoms with Crippen LogP contribution in [0.15, 0.2) is 53.8 Å². The molecular formula is C30H50N2O4. The van der Waals surface area contributed by atoms with Crippen LogP contribution in [0.3, 0.4) is 0 Å². The molecule has 204 valence electrons. The van der Waals surface area contributed by atoms with Gasteiger partial charge in [-0.2, -0.15) is 0 Å². The van der Waals surface area contributed by atoms with Gasteiger partial charge in [0.2, 0.25) is 0 Å². The van der Waals surface area contributed by atoms with Crippen molar-refractivity contribution >= 4 is 11.7 Å². The summed E-state index contributed by atoms with van der Waals surface area (Å²) in [5, 5.41) is 3.14. The highest BCUT2D eigenvalue weighted by atomic mass is 16.5. The van der Waals surface area contributed by atoms with Crippen LogP contribution in [0.5, 0.6) is 0 Å². The zero-order valence-electron chi connectivity index (χ0n) is 24.4. The molecule has 0 bridgehead atoms. The Labute approximate surface area is 220 Å². The minimum absolute atomic E-state index is 0.136. The van der Waals surface area contributed by atoms with Crippen molar-refractivity contribution in [2.75, 3.05) is 46.3 Å². The highest BCUT2D eigenvalue weighted by Crippen LogP contribution is 2.36. The third-order valence-corrected chi connectivity index (χ3v) is 6.02. The van der Waals surface area contributed by atoms with Crippen molar-refractivity contribution in [3.63, 3.8) is 0 Å². The van der Waals surface area contributed by atoms with Crippen molar-refractivity contribution in [2.24, 2.45) is 0 Å². The number of esters is 1. The van der Waals surface area contributed by atoms with E-state index in [1.165, 1.54) is 7.11 Å². The minimum Gasteiger partial charge on any atom is -0.501 e. The lowest BCUT2D eigenvalue weighted by molar-refractivity contribution is -0.00844. The second kappa shape index (κ2) is 18.7. The number of likely N-dealkylation sites (tertiary alicyclic amines) is 1. The molecular weight excluding hydrogens is 452 g/mol. The maximum atomic E-state index is 12.1. The van der Waals surface area contributed by atoms with Crippen LogP contribution in [-0.4, -0.2) is 57.9 Å². The van der Waals surface area contributed by atoms with Gasteiger partial charge in [-0.05, 0) is 56.9 Å². The van der Waals surface area contributed by atoms with Gasteiger partial charge in [-0.25, -0.2) is 4.79 Å². The molecule has 1 heterocycles. The summed E-state index contributed by atoms with van der Waals surface area (Å²) in [6.07, 6.45) is 6.07. The first-order chi connectivity index (χ1) is 17.4. The van der Waals surface area contributed by atoms with Crippen molar-refractivity contribution in [3.8, 4) is 0 Å². The number of piperidine rings is 1. The Morgan fingerprint density at radius 1 is 1.19 bits per heavy atom. The number of hydrogen-bond acceptors (Lipinski definition) is 6. The lowest BCUT2D eigenvalue weighted by atomic mass is 9.91. The van der Waals surface area contributed by atoms with Gasteiger partial charge >= 0.3 is 5.97 Å². The molecule has 6 nitrogen and oxygen atoms in total. The summed E-state index contributed by atoms with van der Waals surface area (Å²) in [5.41, 5.74) is 4.46. The number of benzene rings is 1. The Balaban J connectivity index is 0.00000291. The van der Waals surface area contributed by atoms with E-state index in [2.05, 4.69) is 16.8 Å². The first-order valence-electron chi connectivity index (χ1n) is 13.2. The second-order valence-corrected chi connectivity index (χ2v) is 7.90. The number of methoxy groups -OCH3 is 2. The molecule has 1 fully saturated rings. The summed E-state index contributed by atoms with van der Waals surface area (Å²) in [6.45, 7) is 20.6. The lowest BCUT2D eigenvalue weighted by Gasteiger charge is -2.40. The van der Waals surface area contributed by atoms with Crippen LogP contribution in [0, 0.1) is 0 Å². The van der Waals surface area contributed by atoms with E-state index in [1.54, 1.807) is 7.11 Å². The predicted octanol–water partition coefficient (Wildman–Crippen LogP) is 7.16. The average Bonchev–Trinajstić information content (AvgIpc) is 2.93. The van der Waals surface area contributed by atoms with Crippen molar-refractivity contribution < 1.29 is 19.0 Å². The lowest BCUT2D eigenvalue weighted by Crippen LogP contribution is -2.41. The van der Waals surface area contributed by atoms with Gasteiger partial charge in [-0.3, -0.25) is 4.90 Å². The zero-order valence-corrected chi connectivity index (χ0v) is 24.4. The fourth-order valence-corrected chi connectivity index (χ4v) is 4.24. The molecule has 2 atom stereocenters. The molecule has 1 aliphatic heterocycles. The Morgan fingerprint density at radius 2 is 1.86 bits per heavy atom. The number of allylic oxidation sites excluding steroid dienone is 3. The smallest absolute Gasteiger partial charge is 0.339 e. The molecule has 2 rings (SSSR count). The Kier molecular flexibility index (Phi) is 17.3. The van der Waals surface area contributed by atoms with Crippen molar-refractivity contribution in [2.45, 2.75) is 73.5 Å². The van der Waals surface area contributed by atoms with Crippen LogP contribution in [0.2, 0.25) is 0 Å². The molecule has 0 saturated carbocycles. The second-order valence-electron chi connectivity index (χ2n) is 7.90. The largest absolute Gasteiger partial charge is 0.501 e. The molecule has 1 saturated heterocycles. The van der Waals surface area contributed by atoms with Crippen LogP contribution in [-0.2, 0) is 14.2 Å². The molecule has 2 unspecified atom stereocenters. The summed E-state index contributed by atoms with van der Waals surface area (Å²) in [5.74, 6) is 0.521. The van der Waals surface area contributed by atoms with Crippen molar-refractivity contribution in [1.82, 2.24) is 4.90 Å². The fourth-order valence-electron chi connectivity index (χ4n) is 4.24. The number of nitrogens with one attached hydrogen (secondary N) is 1. The Bertz CT molecular complexity index is 861. The first-order valence-corrected chi connectivity index (χ1v) is 13.2. The van der Waals surface area contributed by atoms with Crippen LogP contribution < -0.4 is 5.32 Å². The van der Waals surface area contributed by atoms with Gasteiger partial charge in [0.25, 0.3) is 0 Å². The summed E-state index contributed by atoms with van der Waals surface area (Å²) in [7, 11) is 4.91. The van der Waals surface area contributed by atoms with Crippen LogP contribution in [0.25, 0.3) is 0 Å². The number of nitrogens with zero attached hydrogens (tertiary/aromatic N) is 1. The number of carbonyl (C=O) groups is 1. The monoisotopic (exact) mass is 502 g/mol. The standard InChI is InChI=1S/C26H38N2O4.2C2H6/c1-8-10-18(3)23(19(4)30-6)17-28-14-13-21(32-9-2)16-25(28)20-11-12-22(26(29)31-7)24(15-20)27-5;2*1-2/h8,10-12,15,21,25,27H,3,9,13-14,16-17H2,1-2,4-7H3;2*1-2H3/b10-8-,23-19+;;. The quantitative estimate of drug-likeness (QED) is 0.208. The highest BCUT2D eigenvalue weighted by Gasteiger charge is 2.31. The number of hydrogen-bond donors (Lipinski definition) is 1. The maximum Gasteiger partial charge on any atom is 0.339 e. The van der Waals surface area contributed by atoms with Crippen molar-refractivity contribution in [3.05, 3.63) is 65.0 Å². The fraction of sp³-hybridized carbons (Fsp3) is 0.567. The average molecular weight is 503 g/mol.